The van der Waals surface area contributed by atoms with E-state index in [1.54, 1.807) is 6.92 Å². The second-order valence-corrected chi connectivity index (χ2v) is 8.20. The maximum Gasteiger partial charge on any atom is 0.133 e. The summed E-state index contributed by atoms with van der Waals surface area (Å²) >= 11 is 0. The van der Waals surface area contributed by atoms with Crippen LogP contribution >= 0.6 is 0 Å². The predicted octanol–water partition coefficient (Wildman–Crippen LogP) is 8.08. The van der Waals surface area contributed by atoms with Crippen LogP contribution in [0.5, 0.6) is 5.75 Å². The van der Waals surface area contributed by atoms with E-state index < -0.39 is 0 Å². The molecule has 172 valence electrons. The van der Waals surface area contributed by atoms with Crippen LogP contribution in [0.4, 0.5) is 0 Å². The van der Waals surface area contributed by atoms with E-state index in [0.717, 1.165) is 47.3 Å². The number of carbonyl (C=O) groups is 1. The highest BCUT2D eigenvalue weighted by Crippen LogP contribution is 2.23. The molecule has 0 saturated carbocycles. The van der Waals surface area contributed by atoms with Gasteiger partial charge in [0.2, 0.25) is 0 Å². The summed E-state index contributed by atoms with van der Waals surface area (Å²) in [6.45, 7) is 6.55. The molecule has 0 N–H and O–H groups in total. The molecule has 2 aromatic rings. The summed E-state index contributed by atoms with van der Waals surface area (Å²) in [7, 11) is 0. The Hall–Kier alpha value is -3.87. The summed E-state index contributed by atoms with van der Waals surface area (Å²) in [4.78, 5) is 11.2. The van der Waals surface area contributed by atoms with Gasteiger partial charge in [-0.05, 0) is 78.8 Å². The van der Waals surface area contributed by atoms with E-state index in [9.17, 15) is 4.79 Å². The molecule has 0 aliphatic heterocycles. The quantitative estimate of drug-likeness (QED) is 0.271. The number of hydrogen-bond acceptors (Lipinski definition) is 2. The summed E-state index contributed by atoms with van der Waals surface area (Å²) in [5.41, 5.74) is 8.99. The Morgan fingerprint density at radius 1 is 1.09 bits per heavy atom. The summed E-state index contributed by atoms with van der Waals surface area (Å²) in [6.07, 6.45) is 19.3. The smallest absolute Gasteiger partial charge is 0.133 e. The van der Waals surface area contributed by atoms with Gasteiger partial charge in [-0.1, -0.05) is 79.4 Å². The third kappa shape index (κ3) is 8.58. The van der Waals surface area contributed by atoms with E-state index in [1.807, 2.05) is 54.6 Å². The molecular weight excluding hydrogens is 416 g/mol. The van der Waals surface area contributed by atoms with Crippen molar-refractivity contribution in [3.8, 4) is 5.75 Å². The molecule has 0 spiro atoms. The first kappa shape index (κ1) is 24.8. The highest BCUT2D eigenvalue weighted by atomic mass is 16.5. The van der Waals surface area contributed by atoms with Gasteiger partial charge in [0.1, 0.15) is 11.5 Å². The molecule has 2 nitrogen and oxygen atoms in total. The minimum Gasteiger partial charge on any atom is -0.494 e. The lowest BCUT2D eigenvalue weighted by molar-refractivity contribution is -0.116. The Bertz CT molecular complexity index is 1170. The molecule has 0 amide bonds. The predicted molar refractivity (Wildman–Crippen MR) is 144 cm³/mol. The number of ketones is 1. The number of allylic oxidation sites excluding steroid dienone is 9. The van der Waals surface area contributed by atoms with Crippen LogP contribution in [0.15, 0.2) is 121 Å². The largest absolute Gasteiger partial charge is 0.494 e. The van der Waals surface area contributed by atoms with Crippen molar-refractivity contribution in [1.82, 2.24) is 0 Å². The highest BCUT2D eigenvalue weighted by molar-refractivity contribution is 5.78. The number of para-hydroxylation sites is 1. The van der Waals surface area contributed by atoms with Crippen molar-refractivity contribution in [1.29, 1.82) is 0 Å². The summed E-state index contributed by atoms with van der Waals surface area (Å²) in [5, 5.41) is 0. The van der Waals surface area contributed by atoms with Crippen molar-refractivity contribution in [2.24, 2.45) is 0 Å². The zero-order valence-corrected chi connectivity index (χ0v) is 19.9. The van der Waals surface area contributed by atoms with E-state index >= 15 is 0 Å². The second kappa shape index (κ2) is 13.6. The van der Waals surface area contributed by atoms with Gasteiger partial charge < -0.3 is 4.74 Å². The van der Waals surface area contributed by atoms with Gasteiger partial charge in [0.05, 0.1) is 6.61 Å². The lowest BCUT2D eigenvalue weighted by Crippen LogP contribution is -1.98. The number of Topliss-reactive ketones (excluding diaryl/α,β-unsaturated/α-hetero) is 1. The van der Waals surface area contributed by atoms with Crippen molar-refractivity contribution in [3.05, 3.63) is 132 Å². The molecule has 0 saturated heterocycles. The van der Waals surface area contributed by atoms with Crippen molar-refractivity contribution >= 4 is 17.4 Å². The molecule has 34 heavy (non-hydrogen) atoms. The maximum absolute atomic E-state index is 11.2. The molecule has 2 heteroatoms. The molecule has 0 atom stereocenters. The SMILES string of the molecule is C=C(CCCOc1ccccc1)C1=C=CCC(c2cccc(/C=C/CC(C)=O)c2)=C/C=C/C=C/1. The number of ether oxygens (including phenoxy) is 1. The van der Waals surface area contributed by atoms with Crippen LogP contribution in [-0.2, 0) is 4.79 Å². The normalized spacial score (nSPS) is 15.3. The molecular formula is C32H32O2. The first-order valence-corrected chi connectivity index (χ1v) is 11.7. The van der Waals surface area contributed by atoms with Gasteiger partial charge in [0.25, 0.3) is 0 Å². The van der Waals surface area contributed by atoms with Gasteiger partial charge in [-0.15, -0.1) is 5.73 Å². The average molecular weight is 449 g/mol. The van der Waals surface area contributed by atoms with Gasteiger partial charge in [-0.25, -0.2) is 0 Å². The molecule has 1 aliphatic carbocycles. The lowest BCUT2D eigenvalue weighted by Gasteiger charge is -2.08. The van der Waals surface area contributed by atoms with Crippen LogP contribution < -0.4 is 4.74 Å². The highest BCUT2D eigenvalue weighted by Gasteiger charge is 2.03. The van der Waals surface area contributed by atoms with Crippen LogP contribution in [0.3, 0.4) is 0 Å². The van der Waals surface area contributed by atoms with Crippen molar-refractivity contribution < 1.29 is 9.53 Å². The second-order valence-electron chi connectivity index (χ2n) is 8.20. The van der Waals surface area contributed by atoms with E-state index in [2.05, 4.69) is 60.9 Å². The topological polar surface area (TPSA) is 26.3 Å². The van der Waals surface area contributed by atoms with Crippen LogP contribution in [0.1, 0.15) is 43.7 Å². The Labute approximate surface area is 203 Å². The number of carbonyl (C=O) groups excluding carboxylic acids is 1. The minimum absolute atomic E-state index is 0.165. The van der Waals surface area contributed by atoms with Gasteiger partial charge in [-0.3, -0.25) is 4.79 Å². The van der Waals surface area contributed by atoms with E-state index in [-0.39, 0.29) is 5.78 Å². The third-order valence-corrected chi connectivity index (χ3v) is 5.35. The molecule has 0 fully saturated rings. The van der Waals surface area contributed by atoms with Gasteiger partial charge in [-0.2, -0.15) is 0 Å². The number of rotatable bonds is 10. The fourth-order valence-electron chi connectivity index (χ4n) is 3.54. The minimum atomic E-state index is 0.165. The fourth-order valence-corrected chi connectivity index (χ4v) is 3.54. The Kier molecular flexibility index (Phi) is 9.93. The van der Waals surface area contributed by atoms with E-state index in [1.165, 1.54) is 5.57 Å². The zero-order valence-electron chi connectivity index (χ0n) is 19.9. The maximum atomic E-state index is 11.2. The third-order valence-electron chi connectivity index (χ3n) is 5.35. The molecule has 0 aromatic heterocycles. The van der Waals surface area contributed by atoms with Crippen molar-refractivity contribution in [2.75, 3.05) is 6.61 Å². The molecule has 1 aliphatic rings. The lowest BCUT2D eigenvalue weighted by atomic mass is 9.98. The Morgan fingerprint density at radius 3 is 2.76 bits per heavy atom. The fraction of sp³-hybridized carbons (Fsp3) is 0.188. The van der Waals surface area contributed by atoms with Gasteiger partial charge in [0.15, 0.2) is 0 Å². The molecule has 0 unspecified atom stereocenters. The van der Waals surface area contributed by atoms with Crippen LogP contribution in [-0.4, -0.2) is 12.4 Å². The summed E-state index contributed by atoms with van der Waals surface area (Å²) in [6, 6.07) is 18.3. The standard InChI is InChI=1S/C32H32O2/c1-26(13-12-24-34-32-22-7-4-8-23-32)29-17-5-3-6-18-30(20-11-19-29)31-21-10-16-28(25-31)15-9-14-27(2)33/h3-11,15-18,21-23,25H,1,12-14,20,24H2,2H3/b6-3+,15-9+,17-5+,30-18?. The monoisotopic (exact) mass is 448 g/mol. The average Bonchev–Trinajstić information content (AvgIpc) is 2.85. The Balaban J connectivity index is 1.64. The first-order chi connectivity index (χ1) is 16.6. The summed E-state index contributed by atoms with van der Waals surface area (Å²) in [5.74, 6) is 1.06. The number of hydrogen-bond donors (Lipinski definition) is 0. The zero-order chi connectivity index (χ0) is 24.0. The molecule has 3 rings (SSSR count). The van der Waals surface area contributed by atoms with Crippen molar-refractivity contribution in [2.45, 2.75) is 32.6 Å². The number of benzene rings is 2. The molecule has 0 heterocycles. The molecule has 0 radical (unpaired) electrons. The van der Waals surface area contributed by atoms with Crippen molar-refractivity contribution in [3.63, 3.8) is 0 Å². The van der Waals surface area contributed by atoms with Crippen LogP contribution in [0.2, 0.25) is 0 Å². The first-order valence-electron chi connectivity index (χ1n) is 11.7. The van der Waals surface area contributed by atoms with E-state index in [4.69, 9.17) is 4.74 Å². The van der Waals surface area contributed by atoms with Gasteiger partial charge in [0, 0.05) is 12.0 Å². The van der Waals surface area contributed by atoms with Crippen LogP contribution in [0, 0.1) is 0 Å². The molecule has 2 aromatic carbocycles. The Morgan fingerprint density at radius 2 is 1.94 bits per heavy atom. The van der Waals surface area contributed by atoms with Gasteiger partial charge >= 0.3 is 0 Å². The van der Waals surface area contributed by atoms with E-state index in [0.29, 0.717) is 13.0 Å². The van der Waals surface area contributed by atoms with Crippen LogP contribution in [0.25, 0.3) is 11.6 Å². The summed E-state index contributed by atoms with van der Waals surface area (Å²) < 4.78 is 5.80. The molecule has 0 bridgehead atoms.